The molecule has 1 aromatic carbocycles. The van der Waals surface area contributed by atoms with E-state index in [2.05, 4.69) is 35.5 Å². The number of rotatable bonds is 6. The molecule has 5 nitrogen and oxygen atoms in total. The number of para-hydroxylation sites is 2. The van der Waals surface area contributed by atoms with Crippen molar-refractivity contribution in [1.82, 2.24) is 18.9 Å². The molecule has 0 saturated heterocycles. The number of hydrogen-bond donors (Lipinski definition) is 0. The van der Waals surface area contributed by atoms with Crippen molar-refractivity contribution in [2.45, 2.75) is 37.7 Å². The molecule has 0 N–H and O–H groups in total. The molecule has 27 heavy (non-hydrogen) atoms. The van der Waals surface area contributed by atoms with Gasteiger partial charge in [0.25, 0.3) is 5.56 Å². The molecule has 0 aliphatic heterocycles. The van der Waals surface area contributed by atoms with E-state index in [1.54, 1.807) is 28.4 Å². The van der Waals surface area contributed by atoms with Crippen LogP contribution in [-0.2, 0) is 12.3 Å². The Balaban J connectivity index is 1.63. The molecule has 4 aromatic rings. The number of imidazole rings is 1. The largest absolute Gasteiger partial charge is 0.319 e. The van der Waals surface area contributed by atoms with Crippen LogP contribution in [0.25, 0.3) is 16.7 Å². The maximum absolute atomic E-state index is 12.3. The van der Waals surface area contributed by atoms with Gasteiger partial charge in [-0.2, -0.15) is 0 Å². The molecule has 0 amide bonds. The molecule has 0 bridgehead atoms. The summed E-state index contributed by atoms with van der Waals surface area (Å²) >= 11 is 1.64. The fourth-order valence-electron chi connectivity index (χ4n) is 3.08. The van der Waals surface area contributed by atoms with Gasteiger partial charge in [-0.05, 0) is 36.6 Å². The van der Waals surface area contributed by atoms with Crippen LogP contribution >= 0.6 is 11.8 Å². The van der Waals surface area contributed by atoms with Gasteiger partial charge >= 0.3 is 0 Å². The minimum Gasteiger partial charge on any atom is -0.319 e. The van der Waals surface area contributed by atoms with Crippen molar-refractivity contribution in [1.29, 1.82) is 0 Å². The van der Waals surface area contributed by atoms with Crippen LogP contribution in [0, 0.1) is 5.92 Å². The highest BCUT2D eigenvalue weighted by Gasteiger charge is 2.12. The maximum Gasteiger partial charge on any atom is 0.258 e. The third-order valence-electron chi connectivity index (χ3n) is 4.52. The Hall–Kier alpha value is -2.60. The molecular formula is C21H22N4OS. The van der Waals surface area contributed by atoms with Crippen LogP contribution in [0.5, 0.6) is 0 Å². The van der Waals surface area contributed by atoms with Crippen molar-refractivity contribution in [3.05, 3.63) is 70.8 Å². The summed E-state index contributed by atoms with van der Waals surface area (Å²) in [6.07, 6.45) is 2.84. The van der Waals surface area contributed by atoms with Gasteiger partial charge in [-0.3, -0.25) is 9.20 Å². The van der Waals surface area contributed by atoms with Crippen molar-refractivity contribution < 1.29 is 0 Å². The molecule has 4 rings (SSSR count). The molecule has 0 atom stereocenters. The summed E-state index contributed by atoms with van der Waals surface area (Å²) in [5.74, 6) is 1.25. The third kappa shape index (κ3) is 3.76. The Kier molecular flexibility index (Phi) is 4.99. The molecule has 0 spiro atoms. The number of hydrogen-bond acceptors (Lipinski definition) is 4. The van der Waals surface area contributed by atoms with Crippen LogP contribution in [-0.4, -0.2) is 18.9 Å². The van der Waals surface area contributed by atoms with E-state index in [1.807, 2.05) is 30.3 Å². The van der Waals surface area contributed by atoms with Gasteiger partial charge in [0.1, 0.15) is 5.65 Å². The van der Waals surface area contributed by atoms with Gasteiger partial charge in [0.2, 0.25) is 0 Å². The highest BCUT2D eigenvalue weighted by Crippen LogP contribution is 2.27. The summed E-state index contributed by atoms with van der Waals surface area (Å²) in [5.41, 5.74) is 3.57. The van der Waals surface area contributed by atoms with E-state index in [0.717, 1.165) is 34.8 Å². The summed E-state index contributed by atoms with van der Waals surface area (Å²) < 4.78 is 3.85. The van der Waals surface area contributed by atoms with Crippen LogP contribution < -0.4 is 5.56 Å². The van der Waals surface area contributed by atoms with Gasteiger partial charge in [0, 0.05) is 24.6 Å². The number of benzene rings is 1. The first kappa shape index (κ1) is 17.8. The summed E-state index contributed by atoms with van der Waals surface area (Å²) in [6.45, 7) is 5.41. The van der Waals surface area contributed by atoms with Gasteiger partial charge in [-0.15, -0.1) is 0 Å². The zero-order chi connectivity index (χ0) is 18.8. The molecule has 0 unspecified atom stereocenters. The highest BCUT2D eigenvalue weighted by atomic mass is 32.2. The SMILES string of the molecule is CC(C)CCn1c(SCc2cc(=O)n3ccccc3n2)nc2ccccc21. The molecule has 0 radical (unpaired) electrons. The van der Waals surface area contributed by atoms with E-state index in [4.69, 9.17) is 4.98 Å². The molecule has 6 heteroatoms. The van der Waals surface area contributed by atoms with E-state index < -0.39 is 0 Å². The van der Waals surface area contributed by atoms with E-state index in [9.17, 15) is 4.79 Å². The molecule has 3 heterocycles. The first-order valence-corrected chi connectivity index (χ1v) is 10.2. The van der Waals surface area contributed by atoms with Crippen molar-refractivity contribution in [3.63, 3.8) is 0 Å². The number of fused-ring (bicyclic) bond motifs is 2. The zero-order valence-corrected chi connectivity index (χ0v) is 16.3. The van der Waals surface area contributed by atoms with Gasteiger partial charge in [0.15, 0.2) is 5.16 Å². The van der Waals surface area contributed by atoms with E-state index >= 15 is 0 Å². The van der Waals surface area contributed by atoms with Crippen molar-refractivity contribution in [3.8, 4) is 0 Å². The molecule has 0 aliphatic rings. The van der Waals surface area contributed by atoms with E-state index in [1.165, 1.54) is 0 Å². The zero-order valence-electron chi connectivity index (χ0n) is 15.5. The predicted molar refractivity (Wildman–Crippen MR) is 110 cm³/mol. The molecule has 3 aromatic heterocycles. The third-order valence-corrected chi connectivity index (χ3v) is 5.53. The van der Waals surface area contributed by atoms with Crippen LogP contribution in [0.1, 0.15) is 26.0 Å². The fraction of sp³-hybridized carbons (Fsp3) is 0.286. The van der Waals surface area contributed by atoms with Gasteiger partial charge in [0.05, 0.1) is 16.7 Å². The quantitative estimate of drug-likeness (QED) is 0.467. The average molecular weight is 379 g/mol. The summed E-state index contributed by atoms with van der Waals surface area (Å²) in [7, 11) is 0. The lowest BCUT2D eigenvalue weighted by atomic mass is 10.1. The first-order valence-electron chi connectivity index (χ1n) is 9.17. The number of thioether (sulfide) groups is 1. The van der Waals surface area contributed by atoms with Crippen LogP contribution in [0.2, 0.25) is 0 Å². The second-order valence-electron chi connectivity index (χ2n) is 7.02. The first-order chi connectivity index (χ1) is 13.1. The Bertz CT molecular complexity index is 1150. The lowest BCUT2D eigenvalue weighted by Crippen LogP contribution is -2.14. The highest BCUT2D eigenvalue weighted by molar-refractivity contribution is 7.98. The number of aryl methyl sites for hydroxylation is 1. The Labute approximate surface area is 162 Å². The second kappa shape index (κ2) is 7.56. The molecule has 0 fully saturated rings. The minimum absolute atomic E-state index is 0.0514. The Morgan fingerprint density at radius 2 is 1.89 bits per heavy atom. The summed E-state index contributed by atoms with van der Waals surface area (Å²) in [5, 5.41) is 0.979. The van der Waals surface area contributed by atoms with Crippen LogP contribution in [0.3, 0.4) is 0 Å². The van der Waals surface area contributed by atoms with Crippen molar-refractivity contribution >= 4 is 28.4 Å². The normalized spacial score (nSPS) is 11.7. The van der Waals surface area contributed by atoms with Crippen molar-refractivity contribution in [2.24, 2.45) is 5.92 Å². The maximum atomic E-state index is 12.3. The lowest BCUT2D eigenvalue weighted by Gasteiger charge is -2.10. The smallest absolute Gasteiger partial charge is 0.258 e. The van der Waals surface area contributed by atoms with Crippen LogP contribution in [0.15, 0.2) is 64.7 Å². The monoisotopic (exact) mass is 378 g/mol. The predicted octanol–water partition coefficient (Wildman–Crippen LogP) is 4.38. The lowest BCUT2D eigenvalue weighted by molar-refractivity contribution is 0.503. The minimum atomic E-state index is -0.0514. The topological polar surface area (TPSA) is 52.2 Å². The Morgan fingerprint density at radius 3 is 2.74 bits per heavy atom. The summed E-state index contributed by atoms with van der Waals surface area (Å²) in [4.78, 5) is 21.7. The number of aromatic nitrogens is 4. The van der Waals surface area contributed by atoms with Crippen molar-refractivity contribution in [2.75, 3.05) is 0 Å². The molecular weight excluding hydrogens is 356 g/mol. The number of pyridine rings is 1. The van der Waals surface area contributed by atoms with E-state index in [0.29, 0.717) is 17.3 Å². The average Bonchev–Trinajstić information content (AvgIpc) is 3.02. The number of nitrogens with zero attached hydrogens (tertiary/aromatic N) is 4. The van der Waals surface area contributed by atoms with Gasteiger partial charge in [-0.1, -0.05) is 43.8 Å². The molecule has 0 aliphatic carbocycles. The Morgan fingerprint density at radius 1 is 1.07 bits per heavy atom. The molecule has 0 saturated carbocycles. The molecule has 138 valence electrons. The van der Waals surface area contributed by atoms with Gasteiger partial charge in [-0.25, -0.2) is 9.97 Å². The van der Waals surface area contributed by atoms with Gasteiger partial charge < -0.3 is 4.57 Å². The fourth-order valence-corrected chi connectivity index (χ4v) is 4.02. The van der Waals surface area contributed by atoms with Crippen LogP contribution in [0.4, 0.5) is 0 Å². The second-order valence-corrected chi connectivity index (χ2v) is 7.96. The van der Waals surface area contributed by atoms with E-state index in [-0.39, 0.29) is 5.56 Å². The standard InChI is InChI=1S/C21H22N4OS/c1-15(2)10-12-24-18-8-4-3-7-17(18)23-21(24)27-14-16-13-20(26)25-11-6-5-9-19(25)22-16/h3-9,11,13,15H,10,12,14H2,1-2H3. The summed E-state index contributed by atoms with van der Waals surface area (Å²) in [6, 6.07) is 15.4.